The predicted octanol–water partition coefficient (Wildman–Crippen LogP) is 1.61. The zero-order valence-electron chi connectivity index (χ0n) is 11.1. The predicted molar refractivity (Wildman–Crippen MR) is 75.1 cm³/mol. The Morgan fingerprint density at radius 3 is 2.86 bits per heavy atom. The van der Waals surface area contributed by atoms with Gasteiger partial charge >= 0.3 is 5.97 Å². The lowest BCUT2D eigenvalue weighted by molar-refractivity contribution is 0.0696. The summed E-state index contributed by atoms with van der Waals surface area (Å²) in [5, 5.41) is 21.8. The van der Waals surface area contributed by atoms with Crippen LogP contribution in [0.25, 0.3) is 0 Å². The van der Waals surface area contributed by atoms with Crippen LogP contribution in [0.5, 0.6) is 0 Å². The minimum Gasteiger partial charge on any atom is -0.478 e. The molecule has 0 radical (unpaired) electrons. The van der Waals surface area contributed by atoms with Crippen LogP contribution in [0.15, 0.2) is 22.4 Å². The van der Waals surface area contributed by atoms with Gasteiger partial charge in [-0.2, -0.15) is 0 Å². The van der Waals surface area contributed by atoms with Gasteiger partial charge < -0.3 is 10.8 Å². The molecule has 2 aromatic rings. The van der Waals surface area contributed by atoms with Crippen molar-refractivity contribution in [3.63, 3.8) is 0 Å². The van der Waals surface area contributed by atoms with E-state index in [1.54, 1.807) is 0 Å². The second kappa shape index (κ2) is 5.68. The monoisotopic (exact) mass is 306 g/mol. The third-order valence-corrected chi connectivity index (χ3v) is 4.43. The molecule has 21 heavy (non-hydrogen) atoms. The van der Waals surface area contributed by atoms with E-state index in [1.807, 2.05) is 4.68 Å². The second-order valence-electron chi connectivity index (χ2n) is 4.87. The van der Waals surface area contributed by atoms with E-state index in [9.17, 15) is 4.79 Å². The molecule has 8 nitrogen and oxygen atoms in total. The highest BCUT2D eigenvalue weighted by Crippen LogP contribution is 2.34. The number of tetrazole rings is 1. The molecule has 0 aromatic carbocycles. The minimum absolute atomic E-state index is 0.0623. The molecule has 0 aliphatic heterocycles. The highest BCUT2D eigenvalue weighted by molar-refractivity contribution is 7.99. The van der Waals surface area contributed by atoms with E-state index in [1.165, 1.54) is 36.9 Å². The van der Waals surface area contributed by atoms with Gasteiger partial charge in [0.05, 0.1) is 17.3 Å². The van der Waals surface area contributed by atoms with E-state index < -0.39 is 5.97 Å². The fourth-order valence-corrected chi connectivity index (χ4v) is 3.20. The average molecular weight is 306 g/mol. The van der Waals surface area contributed by atoms with Crippen LogP contribution in [-0.4, -0.2) is 36.3 Å². The topological polar surface area (TPSA) is 120 Å². The zero-order valence-corrected chi connectivity index (χ0v) is 12.0. The van der Waals surface area contributed by atoms with E-state index in [0.29, 0.717) is 21.9 Å². The average Bonchev–Trinajstić information content (AvgIpc) is 3.11. The lowest BCUT2D eigenvalue weighted by Crippen LogP contribution is -2.08. The SMILES string of the molecule is Nc1cc(C(=O)O)cnc1Sc1nnnn1C1CCCC1. The number of nitrogens with two attached hydrogens (primary N) is 1. The summed E-state index contributed by atoms with van der Waals surface area (Å²) in [6.45, 7) is 0. The number of hydrogen-bond acceptors (Lipinski definition) is 7. The number of carboxylic acid groups (broad SMARTS) is 1. The normalized spacial score (nSPS) is 15.4. The Kier molecular flexibility index (Phi) is 3.74. The molecule has 3 rings (SSSR count). The van der Waals surface area contributed by atoms with Gasteiger partial charge in [0, 0.05) is 6.20 Å². The molecule has 2 heterocycles. The Morgan fingerprint density at radius 2 is 2.19 bits per heavy atom. The van der Waals surface area contributed by atoms with Crippen LogP contribution in [-0.2, 0) is 0 Å². The van der Waals surface area contributed by atoms with Crippen LogP contribution in [0.1, 0.15) is 42.1 Å². The van der Waals surface area contributed by atoms with E-state index in [4.69, 9.17) is 10.8 Å². The van der Waals surface area contributed by atoms with Crippen LogP contribution in [0.3, 0.4) is 0 Å². The molecule has 3 N–H and O–H groups in total. The summed E-state index contributed by atoms with van der Waals surface area (Å²) in [7, 11) is 0. The third kappa shape index (κ3) is 2.82. The smallest absolute Gasteiger partial charge is 0.337 e. The molecule has 1 fully saturated rings. The molecule has 0 saturated heterocycles. The number of carbonyl (C=O) groups is 1. The van der Waals surface area contributed by atoms with Crippen LogP contribution < -0.4 is 5.73 Å². The van der Waals surface area contributed by atoms with Crippen LogP contribution in [0.4, 0.5) is 5.69 Å². The molecule has 2 aromatic heterocycles. The molecule has 0 bridgehead atoms. The van der Waals surface area contributed by atoms with E-state index in [0.717, 1.165) is 12.8 Å². The van der Waals surface area contributed by atoms with Crippen molar-refractivity contribution in [2.45, 2.75) is 41.9 Å². The third-order valence-electron chi connectivity index (χ3n) is 3.45. The van der Waals surface area contributed by atoms with Crippen molar-refractivity contribution in [3.05, 3.63) is 17.8 Å². The second-order valence-corrected chi connectivity index (χ2v) is 5.83. The maximum absolute atomic E-state index is 10.9. The van der Waals surface area contributed by atoms with Gasteiger partial charge in [-0.15, -0.1) is 5.10 Å². The van der Waals surface area contributed by atoms with E-state index in [2.05, 4.69) is 20.5 Å². The van der Waals surface area contributed by atoms with Gasteiger partial charge in [0.1, 0.15) is 5.03 Å². The quantitative estimate of drug-likeness (QED) is 0.874. The highest BCUT2D eigenvalue weighted by atomic mass is 32.2. The molecular formula is C12H14N6O2S. The molecule has 0 spiro atoms. The van der Waals surface area contributed by atoms with Gasteiger partial charge in [-0.1, -0.05) is 12.8 Å². The number of pyridine rings is 1. The summed E-state index contributed by atoms with van der Waals surface area (Å²) in [6, 6.07) is 1.71. The van der Waals surface area contributed by atoms with Gasteiger partial charge in [0.15, 0.2) is 0 Å². The summed E-state index contributed by atoms with van der Waals surface area (Å²) >= 11 is 1.25. The Bertz CT molecular complexity index is 668. The minimum atomic E-state index is -1.05. The van der Waals surface area contributed by atoms with Crippen molar-refractivity contribution in [1.82, 2.24) is 25.2 Å². The van der Waals surface area contributed by atoms with Crippen molar-refractivity contribution in [3.8, 4) is 0 Å². The van der Waals surface area contributed by atoms with Crippen molar-refractivity contribution < 1.29 is 9.90 Å². The lowest BCUT2D eigenvalue weighted by atomic mass is 10.3. The van der Waals surface area contributed by atoms with E-state index >= 15 is 0 Å². The van der Waals surface area contributed by atoms with Crippen molar-refractivity contribution in [1.29, 1.82) is 0 Å². The Balaban J connectivity index is 1.84. The number of hydrogen-bond donors (Lipinski definition) is 2. The van der Waals surface area contributed by atoms with Crippen molar-refractivity contribution in [2.24, 2.45) is 0 Å². The van der Waals surface area contributed by atoms with Crippen LogP contribution in [0, 0.1) is 0 Å². The maximum atomic E-state index is 10.9. The highest BCUT2D eigenvalue weighted by Gasteiger charge is 2.22. The first kappa shape index (κ1) is 13.8. The first-order chi connectivity index (χ1) is 10.1. The summed E-state index contributed by atoms with van der Waals surface area (Å²) < 4.78 is 1.81. The largest absolute Gasteiger partial charge is 0.478 e. The lowest BCUT2D eigenvalue weighted by Gasteiger charge is -2.11. The van der Waals surface area contributed by atoms with Gasteiger partial charge in [0.2, 0.25) is 5.16 Å². The molecule has 9 heteroatoms. The fourth-order valence-electron chi connectivity index (χ4n) is 2.39. The number of nitrogen functional groups attached to an aromatic ring is 1. The zero-order chi connectivity index (χ0) is 14.8. The van der Waals surface area contributed by atoms with Crippen molar-refractivity contribution in [2.75, 3.05) is 5.73 Å². The number of rotatable bonds is 4. The van der Waals surface area contributed by atoms with E-state index in [-0.39, 0.29) is 5.56 Å². The summed E-state index contributed by atoms with van der Waals surface area (Å²) in [6.07, 6.45) is 5.79. The first-order valence-corrected chi connectivity index (χ1v) is 7.41. The standard InChI is InChI=1S/C12H14N6O2S/c13-9-5-7(11(19)20)6-14-10(9)21-12-15-16-17-18(12)8-3-1-2-4-8/h5-6,8H,1-4,13H2,(H,19,20). The van der Waals surface area contributed by atoms with Gasteiger partial charge in [0.25, 0.3) is 0 Å². The molecule has 1 saturated carbocycles. The molecule has 1 aliphatic carbocycles. The Labute approximate surface area is 124 Å². The number of aromatic carboxylic acids is 1. The van der Waals surface area contributed by atoms with Gasteiger partial charge in [-0.3, -0.25) is 0 Å². The summed E-state index contributed by atoms with van der Waals surface area (Å²) in [4.78, 5) is 15.0. The summed E-state index contributed by atoms with van der Waals surface area (Å²) in [5.41, 5.74) is 6.22. The van der Waals surface area contributed by atoms with Gasteiger partial charge in [-0.25, -0.2) is 14.5 Å². The number of anilines is 1. The number of nitrogens with zero attached hydrogens (tertiary/aromatic N) is 5. The fraction of sp³-hybridized carbons (Fsp3) is 0.417. The first-order valence-electron chi connectivity index (χ1n) is 6.59. The molecule has 0 amide bonds. The van der Waals surface area contributed by atoms with Crippen molar-refractivity contribution >= 4 is 23.4 Å². The molecule has 0 atom stereocenters. The maximum Gasteiger partial charge on any atom is 0.337 e. The number of aromatic nitrogens is 5. The number of carboxylic acids is 1. The van der Waals surface area contributed by atoms with Crippen LogP contribution >= 0.6 is 11.8 Å². The molecular weight excluding hydrogens is 292 g/mol. The Hall–Kier alpha value is -2.16. The summed E-state index contributed by atoms with van der Waals surface area (Å²) in [5.74, 6) is -1.05. The molecule has 1 aliphatic rings. The molecule has 110 valence electrons. The van der Waals surface area contributed by atoms with Crippen LogP contribution in [0.2, 0.25) is 0 Å². The molecule has 0 unspecified atom stereocenters. The van der Waals surface area contributed by atoms with Gasteiger partial charge in [-0.05, 0) is 41.1 Å². The Morgan fingerprint density at radius 1 is 1.43 bits per heavy atom.